The Bertz CT molecular complexity index is 587. The first-order valence-corrected chi connectivity index (χ1v) is 7.03. The minimum atomic E-state index is -0.0226. The van der Waals surface area contributed by atoms with Gasteiger partial charge in [-0.1, -0.05) is 29.3 Å². The number of nitrogens with two attached hydrogens (primary N) is 1. The molecular formula is C16H20ClN3. The molecule has 0 aliphatic rings. The van der Waals surface area contributed by atoms with Crippen LogP contribution in [-0.2, 0) is 6.42 Å². The van der Waals surface area contributed by atoms with Crippen LogP contribution in [0.1, 0.15) is 33.9 Å². The van der Waals surface area contributed by atoms with E-state index in [0.29, 0.717) is 5.02 Å². The number of rotatable bonds is 4. The summed E-state index contributed by atoms with van der Waals surface area (Å²) in [5.74, 6) is 5.72. The number of nitrogens with zero attached hydrogens (tertiary/aromatic N) is 1. The zero-order valence-corrected chi connectivity index (χ0v) is 12.8. The van der Waals surface area contributed by atoms with Crippen molar-refractivity contribution in [1.82, 2.24) is 10.4 Å². The van der Waals surface area contributed by atoms with Gasteiger partial charge in [-0.05, 0) is 55.5 Å². The number of halogens is 1. The molecule has 1 aromatic heterocycles. The van der Waals surface area contributed by atoms with Crippen LogP contribution in [0.25, 0.3) is 0 Å². The van der Waals surface area contributed by atoms with Gasteiger partial charge in [0.25, 0.3) is 0 Å². The maximum Gasteiger partial charge on any atom is 0.0637 e. The van der Waals surface area contributed by atoms with Crippen LogP contribution in [0.4, 0.5) is 0 Å². The molecule has 0 saturated carbocycles. The fraction of sp³-hybridized carbons (Fsp3) is 0.312. The topological polar surface area (TPSA) is 50.9 Å². The van der Waals surface area contributed by atoms with Gasteiger partial charge in [-0.15, -0.1) is 0 Å². The van der Waals surface area contributed by atoms with E-state index in [9.17, 15) is 0 Å². The number of aromatic nitrogens is 1. The lowest BCUT2D eigenvalue weighted by Gasteiger charge is -2.20. The van der Waals surface area contributed by atoms with Gasteiger partial charge in [0.15, 0.2) is 0 Å². The van der Waals surface area contributed by atoms with Crippen molar-refractivity contribution in [3.8, 4) is 0 Å². The van der Waals surface area contributed by atoms with E-state index in [-0.39, 0.29) is 6.04 Å². The Labute approximate surface area is 125 Å². The molecule has 0 amide bonds. The van der Waals surface area contributed by atoms with Gasteiger partial charge >= 0.3 is 0 Å². The summed E-state index contributed by atoms with van der Waals surface area (Å²) in [6, 6.07) is 6.28. The largest absolute Gasteiger partial charge is 0.271 e. The van der Waals surface area contributed by atoms with Crippen molar-refractivity contribution in [3.63, 3.8) is 0 Å². The molecule has 1 heterocycles. The predicted molar refractivity (Wildman–Crippen MR) is 83.7 cm³/mol. The summed E-state index contributed by atoms with van der Waals surface area (Å²) in [5, 5.41) is 0.637. The summed E-state index contributed by atoms with van der Waals surface area (Å²) in [7, 11) is 0. The number of hydrazine groups is 1. The smallest absolute Gasteiger partial charge is 0.0637 e. The molecule has 2 rings (SSSR count). The van der Waals surface area contributed by atoms with Gasteiger partial charge in [-0.3, -0.25) is 16.3 Å². The SMILES string of the molecule is Cc1cc(C)c(CC(NN)c2ccncc2Cl)c(C)c1. The van der Waals surface area contributed by atoms with Gasteiger partial charge in [-0.25, -0.2) is 0 Å². The second kappa shape index (κ2) is 6.35. The van der Waals surface area contributed by atoms with Crippen LogP contribution in [0, 0.1) is 20.8 Å². The minimum Gasteiger partial charge on any atom is -0.271 e. The Morgan fingerprint density at radius 3 is 2.45 bits per heavy atom. The highest BCUT2D eigenvalue weighted by Crippen LogP contribution is 2.27. The van der Waals surface area contributed by atoms with Crippen LogP contribution in [0.2, 0.25) is 5.02 Å². The summed E-state index contributed by atoms with van der Waals surface area (Å²) >= 11 is 6.21. The average Bonchev–Trinajstić information content (AvgIpc) is 2.39. The van der Waals surface area contributed by atoms with E-state index in [0.717, 1.165) is 12.0 Å². The van der Waals surface area contributed by atoms with Crippen molar-refractivity contribution in [3.05, 3.63) is 63.4 Å². The molecule has 0 saturated heterocycles. The van der Waals surface area contributed by atoms with Crippen molar-refractivity contribution < 1.29 is 0 Å². The third kappa shape index (κ3) is 3.18. The quantitative estimate of drug-likeness (QED) is 0.670. The summed E-state index contributed by atoms with van der Waals surface area (Å²) in [6.07, 6.45) is 4.19. The Morgan fingerprint density at radius 2 is 1.90 bits per heavy atom. The monoisotopic (exact) mass is 289 g/mol. The molecule has 3 N–H and O–H groups in total. The van der Waals surface area contributed by atoms with Gasteiger partial charge in [0.1, 0.15) is 0 Å². The van der Waals surface area contributed by atoms with E-state index in [1.807, 2.05) is 6.07 Å². The van der Waals surface area contributed by atoms with Crippen molar-refractivity contribution in [2.45, 2.75) is 33.2 Å². The molecule has 0 fully saturated rings. The molecule has 20 heavy (non-hydrogen) atoms. The van der Waals surface area contributed by atoms with E-state index < -0.39 is 0 Å². The predicted octanol–water partition coefficient (Wildman–Crippen LogP) is 3.41. The maximum atomic E-state index is 6.21. The fourth-order valence-corrected chi connectivity index (χ4v) is 2.91. The molecule has 1 atom stereocenters. The van der Waals surface area contributed by atoms with Gasteiger partial charge in [0, 0.05) is 12.4 Å². The minimum absolute atomic E-state index is 0.0226. The third-order valence-corrected chi connectivity index (χ3v) is 3.94. The molecule has 106 valence electrons. The first kappa shape index (κ1) is 15.0. The molecule has 0 aliphatic carbocycles. The molecule has 0 bridgehead atoms. The number of nitrogens with one attached hydrogen (secondary N) is 1. The van der Waals surface area contributed by atoms with E-state index in [2.05, 4.69) is 43.3 Å². The van der Waals surface area contributed by atoms with Crippen molar-refractivity contribution in [2.75, 3.05) is 0 Å². The van der Waals surface area contributed by atoms with Crippen molar-refractivity contribution in [1.29, 1.82) is 0 Å². The zero-order chi connectivity index (χ0) is 14.7. The van der Waals surface area contributed by atoms with Crippen molar-refractivity contribution >= 4 is 11.6 Å². The van der Waals surface area contributed by atoms with Gasteiger partial charge in [0.05, 0.1) is 11.1 Å². The number of pyridine rings is 1. The highest BCUT2D eigenvalue weighted by molar-refractivity contribution is 6.31. The molecule has 4 heteroatoms. The molecule has 1 aromatic carbocycles. The second-order valence-electron chi connectivity index (χ2n) is 5.20. The third-order valence-electron chi connectivity index (χ3n) is 3.63. The summed E-state index contributed by atoms with van der Waals surface area (Å²) < 4.78 is 0. The number of hydrogen-bond donors (Lipinski definition) is 2. The Hall–Kier alpha value is -1.42. The molecule has 0 spiro atoms. The van der Waals surface area contributed by atoms with Crippen LogP contribution in [-0.4, -0.2) is 4.98 Å². The number of hydrogen-bond acceptors (Lipinski definition) is 3. The lowest BCUT2D eigenvalue weighted by molar-refractivity contribution is 0.549. The normalized spacial score (nSPS) is 12.4. The summed E-state index contributed by atoms with van der Waals surface area (Å²) in [4.78, 5) is 4.01. The average molecular weight is 290 g/mol. The zero-order valence-electron chi connectivity index (χ0n) is 12.1. The van der Waals surface area contributed by atoms with Gasteiger partial charge in [-0.2, -0.15) is 0 Å². The lowest BCUT2D eigenvalue weighted by Crippen LogP contribution is -2.30. The van der Waals surface area contributed by atoms with Crippen LogP contribution in [0.5, 0.6) is 0 Å². The first-order chi connectivity index (χ1) is 9.52. The Balaban J connectivity index is 2.35. The Kier molecular flexibility index (Phi) is 4.76. The summed E-state index contributed by atoms with van der Waals surface area (Å²) in [6.45, 7) is 6.39. The fourth-order valence-electron chi connectivity index (χ4n) is 2.66. The van der Waals surface area contributed by atoms with Gasteiger partial charge in [0.2, 0.25) is 0 Å². The van der Waals surface area contributed by atoms with E-state index in [1.54, 1.807) is 12.4 Å². The lowest BCUT2D eigenvalue weighted by atomic mass is 9.92. The highest BCUT2D eigenvalue weighted by Gasteiger charge is 2.16. The van der Waals surface area contributed by atoms with Crippen molar-refractivity contribution in [2.24, 2.45) is 5.84 Å². The number of benzene rings is 1. The second-order valence-corrected chi connectivity index (χ2v) is 5.61. The maximum absolute atomic E-state index is 6.21. The van der Waals surface area contributed by atoms with Crippen LogP contribution < -0.4 is 11.3 Å². The van der Waals surface area contributed by atoms with Crippen LogP contribution >= 0.6 is 11.6 Å². The molecular weight excluding hydrogens is 270 g/mol. The van der Waals surface area contributed by atoms with E-state index >= 15 is 0 Å². The standard InChI is InChI=1S/C16H20ClN3/c1-10-6-11(2)14(12(3)7-10)8-16(20-18)13-4-5-19-9-15(13)17/h4-7,9,16,20H,8,18H2,1-3H3. The highest BCUT2D eigenvalue weighted by atomic mass is 35.5. The van der Waals surface area contributed by atoms with E-state index in [1.165, 1.54) is 22.3 Å². The molecule has 2 aromatic rings. The van der Waals surface area contributed by atoms with Crippen LogP contribution in [0.15, 0.2) is 30.6 Å². The molecule has 0 radical (unpaired) electrons. The Morgan fingerprint density at radius 1 is 1.25 bits per heavy atom. The molecule has 3 nitrogen and oxygen atoms in total. The molecule has 1 unspecified atom stereocenters. The molecule has 0 aliphatic heterocycles. The van der Waals surface area contributed by atoms with Crippen LogP contribution in [0.3, 0.4) is 0 Å². The van der Waals surface area contributed by atoms with E-state index in [4.69, 9.17) is 17.4 Å². The number of aryl methyl sites for hydroxylation is 3. The summed E-state index contributed by atoms with van der Waals surface area (Å²) in [5.41, 5.74) is 9.00. The van der Waals surface area contributed by atoms with Gasteiger partial charge < -0.3 is 0 Å². The first-order valence-electron chi connectivity index (χ1n) is 6.65.